The van der Waals surface area contributed by atoms with Gasteiger partial charge in [-0.05, 0) is 39.5 Å². The summed E-state index contributed by atoms with van der Waals surface area (Å²) in [4.78, 5) is 4.94. The lowest BCUT2D eigenvalue weighted by Crippen LogP contribution is -2.43. The van der Waals surface area contributed by atoms with E-state index in [0.29, 0.717) is 6.04 Å². The van der Waals surface area contributed by atoms with E-state index in [4.69, 9.17) is 0 Å². The quantitative estimate of drug-likeness (QED) is 0.877. The summed E-state index contributed by atoms with van der Waals surface area (Å²) in [5, 5.41) is 8.46. The molecule has 0 bridgehead atoms. The molecule has 0 saturated carbocycles. The lowest BCUT2D eigenvalue weighted by atomic mass is 10.0. The minimum absolute atomic E-state index is 0.680. The molecule has 2 heterocycles. The number of rotatable bonds is 5. The number of nitrogens with zero attached hydrogens (tertiary/aromatic N) is 4. The molecular weight excluding hydrogens is 246 g/mol. The van der Waals surface area contributed by atoms with Crippen LogP contribution in [0.2, 0.25) is 0 Å². The number of anilines is 1. The maximum absolute atomic E-state index is 4.21. The van der Waals surface area contributed by atoms with Crippen molar-refractivity contribution in [1.82, 2.24) is 19.4 Å². The van der Waals surface area contributed by atoms with Crippen LogP contribution in [0.1, 0.15) is 25.5 Å². The SMILES string of the molecule is CCN1CCC(N(C)Cc2nnsc2NC)CC1. The third-order valence-electron chi connectivity index (χ3n) is 3.81. The minimum atomic E-state index is 0.680. The third kappa shape index (κ3) is 3.18. The molecule has 0 unspecified atom stereocenters. The second kappa shape index (κ2) is 6.45. The van der Waals surface area contributed by atoms with E-state index in [0.717, 1.165) is 17.2 Å². The van der Waals surface area contributed by atoms with Crippen molar-refractivity contribution in [1.29, 1.82) is 0 Å². The lowest BCUT2D eigenvalue weighted by Gasteiger charge is -2.36. The highest BCUT2D eigenvalue weighted by molar-refractivity contribution is 7.10. The molecule has 5 nitrogen and oxygen atoms in total. The molecule has 0 radical (unpaired) electrons. The zero-order valence-corrected chi connectivity index (χ0v) is 12.3. The van der Waals surface area contributed by atoms with Crippen LogP contribution in [-0.2, 0) is 6.54 Å². The van der Waals surface area contributed by atoms with Crippen LogP contribution in [0.25, 0.3) is 0 Å². The van der Waals surface area contributed by atoms with Crippen LogP contribution in [0.5, 0.6) is 0 Å². The molecule has 102 valence electrons. The van der Waals surface area contributed by atoms with Crippen molar-refractivity contribution in [3.8, 4) is 0 Å². The van der Waals surface area contributed by atoms with Gasteiger partial charge in [-0.15, -0.1) is 5.10 Å². The molecule has 1 saturated heterocycles. The predicted molar refractivity (Wildman–Crippen MR) is 76.1 cm³/mol. The number of nitrogens with one attached hydrogen (secondary N) is 1. The van der Waals surface area contributed by atoms with Crippen molar-refractivity contribution in [3.05, 3.63) is 5.69 Å². The first kappa shape index (κ1) is 13.7. The number of hydrogen-bond donors (Lipinski definition) is 1. The van der Waals surface area contributed by atoms with Gasteiger partial charge in [0.15, 0.2) is 0 Å². The van der Waals surface area contributed by atoms with E-state index in [-0.39, 0.29) is 0 Å². The van der Waals surface area contributed by atoms with E-state index < -0.39 is 0 Å². The van der Waals surface area contributed by atoms with Crippen LogP contribution >= 0.6 is 11.5 Å². The van der Waals surface area contributed by atoms with Gasteiger partial charge in [0.1, 0.15) is 10.7 Å². The maximum atomic E-state index is 4.21. The van der Waals surface area contributed by atoms with Crippen molar-refractivity contribution in [3.63, 3.8) is 0 Å². The fourth-order valence-electron chi connectivity index (χ4n) is 2.54. The Bertz CT molecular complexity index is 359. The molecule has 1 N–H and O–H groups in total. The van der Waals surface area contributed by atoms with Gasteiger partial charge < -0.3 is 10.2 Å². The molecule has 1 aromatic heterocycles. The monoisotopic (exact) mass is 269 g/mol. The van der Waals surface area contributed by atoms with Crippen LogP contribution in [0.3, 0.4) is 0 Å². The normalized spacial score (nSPS) is 18.4. The minimum Gasteiger partial charge on any atom is -0.377 e. The molecule has 1 fully saturated rings. The number of likely N-dealkylation sites (tertiary alicyclic amines) is 1. The number of piperidine rings is 1. The largest absolute Gasteiger partial charge is 0.377 e. The molecule has 0 aliphatic carbocycles. The van der Waals surface area contributed by atoms with Crippen molar-refractivity contribution in [2.45, 2.75) is 32.4 Å². The van der Waals surface area contributed by atoms with Gasteiger partial charge in [-0.3, -0.25) is 4.90 Å². The molecule has 2 rings (SSSR count). The van der Waals surface area contributed by atoms with E-state index >= 15 is 0 Å². The molecule has 18 heavy (non-hydrogen) atoms. The summed E-state index contributed by atoms with van der Waals surface area (Å²) in [6, 6.07) is 0.680. The van der Waals surface area contributed by atoms with Gasteiger partial charge in [0, 0.05) is 31.2 Å². The molecule has 1 aliphatic heterocycles. The standard InChI is InChI=1S/C12H23N5S/c1-4-17-7-5-10(6-8-17)16(3)9-11-12(13-2)18-15-14-11/h10,13H,4-9H2,1-3H3. The molecule has 0 aromatic carbocycles. The highest BCUT2D eigenvalue weighted by atomic mass is 32.1. The average molecular weight is 269 g/mol. The molecule has 1 aliphatic rings. The van der Waals surface area contributed by atoms with Gasteiger partial charge in [0.05, 0.1) is 0 Å². The van der Waals surface area contributed by atoms with Crippen molar-refractivity contribution in [2.75, 3.05) is 39.0 Å². The summed E-state index contributed by atoms with van der Waals surface area (Å²) in [5.41, 5.74) is 1.07. The van der Waals surface area contributed by atoms with Gasteiger partial charge in [-0.1, -0.05) is 11.4 Å². The molecule has 0 spiro atoms. The van der Waals surface area contributed by atoms with Gasteiger partial charge in [-0.2, -0.15) is 0 Å². The van der Waals surface area contributed by atoms with Crippen LogP contribution < -0.4 is 5.32 Å². The molecule has 1 aromatic rings. The fourth-order valence-corrected chi connectivity index (χ4v) is 3.07. The summed E-state index contributed by atoms with van der Waals surface area (Å²) in [6.45, 7) is 6.75. The van der Waals surface area contributed by atoms with E-state index in [9.17, 15) is 0 Å². The van der Waals surface area contributed by atoms with Crippen LogP contribution in [0.15, 0.2) is 0 Å². The molecular formula is C12H23N5S. The van der Waals surface area contributed by atoms with Gasteiger partial charge in [0.2, 0.25) is 0 Å². The third-order valence-corrected chi connectivity index (χ3v) is 4.60. The van der Waals surface area contributed by atoms with Gasteiger partial charge in [-0.25, -0.2) is 0 Å². The summed E-state index contributed by atoms with van der Waals surface area (Å²) < 4.78 is 4.01. The van der Waals surface area contributed by atoms with Crippen LogP contribution in [0, 0.1) is 0 Å². The first-order valence-corrected chi connectivity index (χ1v) is 7.43. The predicted octanol–water partition coefficient (Wildman–Crippen LogP) is 1.50. The Kier molecular flexibility index (Phi) is 4.91. The maximum Gasteiger partial charge on any atom is 0.134 e. The van der Waals surface area contributed by atoms with Crippen LogP contribution in [0.4, 0.5) is 5.00 Å². The Hall–Kier alpha value is -0.720. The summed E-state index contributed by atoms with van der Waals surface area (Å²) in [5.74, 6) is 0. The van der Waals surface area contributed by atoms with E-state index in [1.165, 1.54) is 44.0 Å². The Morgan fingerprint density at radius 2 is 2.17 bits per heavy atom. The van der Waals surface area contributed by atoms with E-state index in [1.807, 2.05) is 7.05 Å². The summed E-state index contributed by atoms with van der Waals surface area (Å²) in [7, 11) is 4.13. The first-order chi connectivity index (χ1) is 8.74. The fraction of sp³-hybridized carbons (Fsp3) is 0.833. The smallest absolute Gasteiger partial charge is 0.134 e. The Labute approximate surface area is 113 Å². The summed E-state index contributed by atoms with van der Waals surface area (Å²) >= 11 is 1.44. The van der Waals surface area contributed by atoms with Crippen molar-refractivity contribution >= 4 is 16.5 Å². The second-order valence-corrected chi connectivity index (χ2v) is 5.63. The van der Waals surface area contributed by atoms with Gasteiger partial charge >= 0.3 is 0 Å². The second-order valence-electron chi connectivity index (χ2n) is 4.88. The van der Waals surface area contributed by atoms with E-state index in [2.05, 4.69) is 38.7 Å². The number of aromatic nitrogens is 2. The van der Waals surface area contributed by atoms with Crippen molar-refractivity contribution < 1.29 is 0 Å². The Balaban J connectivity index is 1.87. The zero-order chi connectivity index (χ0) is 13.0. The molecule has 6 heteroatoms. The Morgan fingerprint density at radius 3 is 2.78 bits per heavy atom. The topological polar surface area (TPSA) is 44.3 Å². The van der Waals surface area contributed by atoms with Crippen LogP contribution in [-0.4, -0.2) is 59.2 Å². The highest BCUT2D eigenvalue weighted by Gasteiger charge is 2.22. The molecule has 0 amide bonds. The highest BCUT2D eigenvalue weighted by Crippen LogP contribution is 2.21. The average Bonchev–Trinajstić information content (AvgIpc) is 2.86. The first-order valence-electron chi connectivity index (χ1n) is 6.66. The summed E-state index contributed by atoms with van der Waals surface area (Å²) in [6.07, 6.45) is 2.52. The van der Waals surface area contributed by atoms with Crippen molar-refractivity contribution in [2.24, 2.45) is 0 Å². The lowest BCUT2D eigenvalue weighted by molar-refractivity contribution is 0.126. The van der Waals surface area contributed by atoms with Gasteiger partial charge in [0.25, 0.3) is 0 Å². The zero-order valence-electron chi connectivity index (χ0n) is 11.5. The Morgan fingerprint density at radius 1 is 1.44 bits per heavy atom. The van der Waals surface area contributed by atoms with E-state index in [1.54, 1.807) is 0 Å². The molecule has 0 atom stereocenters. The number of hydrogen-bond acceptors (Lipinski definition) is 6.